The zero-order valence-corrected chi connectivity index (χ0v) is 10.6. The van der Waals surface area contributed by atoms with E-state index in [1.54, 1.807) is 20.2 Å². The Hall–Kier alpha value is -1.99. The van der Waals surface area contributed by atoms with Gasteiger partial charge in [-0.15, -0.1) is 0 Å². The molecular weight excluding hydrogens is 261 g/mol. The van der Waals surface area contributed by atoms with Gasteiger partial charge in [0.25, 0.3) is 0 Å². The Kier molecular flexibility index (Phi) is 5.40. The molecule has 1 aromatic rings. The molecule has 0 fully saturated rings. The highest BCUT2D eigenvalue weighted by Crippen LogP contribution is 2.17. The number of halogens is 3. The van der Waals surface area contributed by atoms with Gasteiger partial charge in [-0.05, 0) is 11.6 Å². The number of pyridine rings is 1. The van der Waals surface area contributed by atoms with E-state index in [2.05, 4.69) is 25.3 Å². The summed E-state index contributed by atoms with van der Waals surface area (Å²) in [5, 5.41) is 5.79. The molecule has 0 aliphatic heterocycles. The molecule has 8 heteroatoms. The molecule has 1 heterocycles. The van der Waals surface area contributed by atoms with Gasteiger partial charge in [0.2, 0.25) is 5.88 Å². The van der Waals surface area contributed by atoms with Crippen molar-refractivity contribution in [3.05, 3.63) is 23.9 Å². The summed E-state index contributed by atoms with van der Waals surface area (Å²) in [5.74, 6) is 0.519. The Morgan fingerprint density at radius 3 is 2.79 bits per heavy atom. The number of ether oxygens (including phenoxy) is 1. The number of hydrogen-bond donors (Lipinski definition) is 2. The van der Waals surface area contributed by atoms with E-state index in [4.69, 9.17) is 0 Å². The molecule has 0 unspecified atom stereocenters. The summed E-state index contributed by atoms with van der Waals surface area (Å²) in [6.07, 6.45) is -2.98. The second-order valence-corrected chi connectivity index (χ2v) is 3.58. The maximum atomic E-state index is 12.0. The van der Waals surface area contributed by atoms with Crippen LogP contribution in [0.15, 0.2) is 23.3 Å². The fourth-order valence-corrected chi connectivity index (χ4v) is 1.26. The molecule has 0 amide bonds. The van der Waals surface area contributed by atoms with E-state index in [1.807, 2.05) is 0 Å². The van der Waals surface area contributed by atoms with Gasteiger partial charge in [-0.3, -0.25) is 4.99 Å². The number of nitrogens with zero attached hydrogens (tertiary/aromatic N) is 2. The van der Waals surface area contributed by atoms with Crippen molar-refractivity contribution in [1.29, 1.82) is 0 Å². The lowest BCUT2D eigenvalue weighted by Gasteiger charge is -2.11. The van der Waals surface area contributed by atoms with E-state index in [0.717, 1.165) is 5.56 Å². The standard InChI is InChI=1S/C11H15F3N4O/c1-15-10(16-2)18-6-8-3-4-17-9(5-8)19-7-11(12,13)14/h3-5H,6-7H2,1-2H3,(H2,15,16,18). The minimum Gasteiger partial charge on any atom is -0.468 e. The van der Waals surface area contributed by atoms with Crippen molar-refractivity contribution in [2.75, 3.05) is 20.7 Å². The van der Waals surface area contributed by atoms with E-state index in [9.17, 15) is 13.2 Å². The smallest absolute Gasteiger partial charge is 0.422 e. The Balaban J connectivity index is 2.57. The van der Waals surface area contributed by atoms with Crippen LogP contribution in [0.1, 0.15) is 5.56 Å². The van der Waals surface area contributed by atoms with E-state index in [0.29, 0.717) is 12.5 Å². The molecule has 1 rings (SSSR count). The van der Waals surface area contributed by atoms with Crippen molar-refractivity contribution < 1.29 is 17.9 Å². The molecule has 0 aromatic carbocycles. The van der Waals surface area contributed by atoms with Gasteiger partial charge in [-0.1, -0.05) is 0 Å². The van der Waals surface area contributed by atoms with E-state index < -0.39 is 12.8 Å². The van der Waals surface area contributed by atoms with Crippen molar-refractivity contribution in [3.8, 4) is 5.88 Å². The Morgan fingerprint density at radius 2 is 2.21 bits per heavy atom. The molecule has 0 aliphatic rings. The first kappa shape index (κ1) is 15.1. The molecule has 19 heavy (non-hydrogen) atoms. The molecule has 106 valence electrons. The molecule has 0 saturated heterocycles. The highest BCUT2D eigenvalue weighted by atomic mass is 19.4. The van der Waals surface area contributed by atoms with Crippen molar-refractivity contribution in [2.45, 2.75) is 12.7 Å². The number of alkyl halides is 3. The predicted octanol–water partition coefficient (Wildman–Crippen LogP) is 1.32. The minimum absolute atomic E-state index is 0.0592. The first-order valence-electron chi connectivity index (χ1n) is 5.47. The summed E-state index contributed by atoms with van der Waals surface area (Å²) in [7, 11) is 3.32. The lowest BCUT2D eigenvalue weighted by Crippen LogP contribution is -2.34. The molecule has 2 N–H and O–H groups in total. The highest BCUT2D eigenvalue weighted by molar-refractivity contribution is 5.79. The van der Waals surface area contributed by atoms with Crippen LogP contribution in [-0.4, -0.2) is 37.8 Å². The third-order valence-electron chi connectivity index (χ3n) is 2.10. The van der Waals surface area contributed by atoms with Crippen LogP contribution in [0.4, 0.5) is 13.2 Å². The summed E-state index contributed by atoms with van der Waals surface area (Å²) in [4.78, 5) is 7.63. The number of aliphatic imine (C=N–C) groups is 1. The molecule has 0 radical (unpaired) electrons. The van der Waals surface area contributed by atoms with Crippen LogP contribution in [0.25, 0.3) is 0 Å². The number of rotatable bonds is 4. The average molecular weight is 276 g/mol. The van der Waals surface area contributed by atoms with E-state index in [-0.39, 0.29) is 5.88 Å². The third kappa shape index (κ3) is 5.94. The fraction of sp³-hybridized carbons (Fsp3) is 0.455. The van der Waals surface area contributed by atoms with Gasteiger partial charge in [0.1, 0.15) is 0 Å². The monoisotopic (exact) mass is 276 g/mol. The van der Waals surface area contributed by atoms with Gasteiger partial charge in [0, 0.05) is 32.9 Å². The lowest BCUT2D eigenvalue weighted by molar-refractivity contribution is -0.154. The number of nitrogens with one attached hydrogen (secondary N) is 2. The molecule has 0 bridgehead atoms. The van der Waals surface area contributed by atoms with Crippen LogP contribution in [0.5, 0.6) is 5.88 Å². The molecule has 5 nitrogen and oxygen atoms in total. The predicted molar refractivity (Wildman–Crippen MR) is 65.0 cm³/mol. The second kappa shape index (κ2) is 6.81. The normalized spacial score (nSPS) is 12.2. The zero-order chi connectivity index (χ0) is 14.3. The van der Waals surface area contributed by atoms with Gasteiger partial charge in [-0.25, -0.2) is 4.98 Å². The van der Waals surface area contributed by atoms with Gasteiger partial charge >= 0.3 is 6.18 Å². The van der Waals surface area contributed by atoms with Crippen LogP contribution < -0.4 is 15.4 Å². The fourth-order valence-electron chi connectivity index (χ4n) is 1.26. The van der Waals surface area contributed by atoms with Crippen molar-refractivity contribution in [1.82, 2.24) is 15.6 Å². The summed E-state index contributed by atoms with van der Waals surface area (Å²) in [6, 6.07) is 3.12. The minimum atomic E-state index is -4.37. The van der Waals surface area contributed by atoms with Crippen LogP contribution in [0.2, 0.25) is 0 Å². The number of aromatic nitrogens is 1. The zero-order valence-electron chi connectivity index (χ0n) is 10.6. The Bertz CT molecular complexity index is 434. The third-order valence-corrected chi connectivity index (χ3v) is 2.10. The first-order chi connectivity index (χ1) is 8.94. The first-order valence-corrected chi connectivity index (χ1v) is 5.47. The maximum Gasteiger partial charge on any atom is 0.422 e. The maximum absolute atomic E-state index is 12.0. The van der Waals surface area contributed by atoms with Gasteiger partial charge in [0.05, 0.1) is 0 Å². The summed E-state index contributed by atoms with van der Waals surface area (Å²) in [5.41, 5.74) is 0.739. The molecule has 0 saturated carbocycles. The van der Waals surface area contributed by atoms with Crippen molar-refractivity contribution >= 4 is 5.96 Å². The topological polar surface area (TPSA) is 58.5 Å². The summed E-state index contributed by atoms with van der Waals surface area (Å²) < 4.78 is 40.6. The van der Waals surface area contributed by atoms with Crippen LogP contribution in [0, 0.1) is 0 Å². The number of hydrogen-bond acceptors (Lipinski definition) is 3. The van der Waals surface area contributed by atoms with Crippen LogP contribution in [0.3, 0.4) is 0 Å². The second-order valence-electron chi connectivity index (χ2n) is 3.58. The molecular formula is C11H15F3N4O. The molecule has 0 aliphatic carbocycles. The van der Waals surface area contributed by atoms with E-state index >= 15 is 0 Å². The number of guanidine groups is 1. The SMILES string of the molecule is CN=C(NC)NCc1ccnc(OCC(F)(F)F)c1. The van der Waals surface area contributed by atoms with Crippen LogP contribution in [-0.2, 0) is 6.54 Å². The quantitative estimate of drug-likeness (QED) is 0.643. The molecule has 1 aromatic heterocycles. The Morgan fingerprint density at radius 1 is 1.47 bits per heavy atom. The van der Waals surface area contributed by atoms with Gasteiger partial charge in [-0.2, -0.15) is 13.2 Å². The van der Waals surface area contributed by atoms with Crippen molar-refractivity contribution in [3.63, 3.8) is 0 Å². The average Bonchev–Trinajstić information content (AvgIpc) is 2.37. The lowest BCUT2D eigenvalue weighted by atomic mass is 10.2. The largest absolute Gasteiger partial charge is 0.468 e. The van der Waals surface area contributed by atoms with E-state index in [1.165, 1.54) is 12.3 Å². The summed E-state index contributed by atoms with van der Waals surface area (Å²) in [6.45, 7) is -0.951. The molecule has 0 spiro atoms. The van der Waals surface area contributed by atoms with Crippen molar-refractivity contribution in [2.24, 2.45) is 4.99 Å². The van der Waals surface area contributed by atoms with Crippen LogP contribution >= 0.6 is 0 Å². The molecule has 0 atom stereocenters. The highest BCUT2D eigenvalue weighted by Gasteiger charge is 2.28. The summed E-state index contributed by atoms with van der Waals surface area (Å²) >= 11 is 0. The van der Waals surface area contributed by atoms with Gasteiger partial charge in [0.15, 0.2) is 12.6 Å². The van der Waals surface area contributed by atoms with Gasteiger partial charge < -0.3 is 15.4 Å². The Labute approximate surface area is 108 Å².